The number of rotatable bonds is 6. The Morgan fingerprint density at radius 3 is 2.46 bits per heavy atom. The van der Waals surface area contributed by atoms with E-state index in [4.69, 9.17) is 4.74 Å². The van der Waals surface area contributed by atoms with Crippen molar-refractivity contribution in [1.82, 2.24) is 4.90 Å². The lowest BCUT2D eigenvalue weighted by atomic mass is 9.95. The van der Waals surface area contributed by atoms with Crippen molar-refractivity contribution in [3.05, 3.63) is 65.2 Å². The van der Waals surface area contributed by atoms with Crippen molar-refractivity contribution in [3.63, 3.8) is 0 Å². The fraction of sp³-hybridized carbons (Fsp3) is 0.273. The van der Waals surface area contributed by atoms with Crippen LogP contribution < -0.4 is 4.74 Å². The van der Waals surface area contributed by atoms with E-state index >= 15 is 0 Å². The third-order valence-corrected chi connectivity index (χ3v) is 4.63. The summed E-state index contributed by atoms with van der Waals surface area (Å²) in [6.45, 7) is 4.62. The Morgan fingerprint density at radius 1 is 1.11 bits per heavy atom. The number of ether oxygens (including phenoxy) is 1. The van der Waals surface area contributed by atoms with Gasteiger partial charge in [0.05, 0.1) is 18.2 Å². The quantitative estimate of drug-likeness (QED) is 0.453. The van der Waals surface area contributed by atoms with Crippen molar-refractivity contribution in [2.24, 2.45) is 0 Å². The smallest absolute Gasteiger partial charge is 0.295 e. The van der Waals surface area contributed by atoms with Gasteiger partial charge in [0, 0.05) is 12.1 Å². The van der Waals surface area contributed by atoms with Gasteiger partial charge in [0.25, 0.3) is 11.7 Å². The molecule has 6 heteroatoms. The normalized spacial score (nSPS) is 18.5. The second kappa shape index (κ2) is 8.17. The summed E-state index contributed by atoms with van der Waals surface area (Å²) < 4.78 is 5.47. The highest BCUT2D eigenvalue weighted by Crippen LogP contribution is 2.40. The van der Waals surface area contributed by atoms with Crippen molar-refractivity contribution in [1.29, 1.82) is 0 Å². The van der Waals surface area contributed by atoms with Crippen LogP contribution in [0.25, 0.3) is 5.76 Å². The number of phenolic OH excluding ortho intramolecular Hbond substituents is 1. The SMILES string of the molecule is CCCN1C(=O)C(=O)/C(=C(\O)c2cccc(OCC)c2)C1c1ccc(O)cc1. The molecule has 3 rings (SSSR count). The molecular weight excluding hydrogens is 358 g/mol. The number of likely N-dealkylation sites (tertiary alicyclic amines) is 1. The Hall–Kier alpha value is -3.28. The Labute approximate surface area is 163 Å². The number of phenols is 1. The summed E-state index contributed by atoms with van der Waals surface area (Å²) in [5.74, 6) is -0.944. The Balaban J connectivity index is 2.15. The number of aromatic hydroxyl groups is 1. The van der Waals surface area contributed by atoms with Crippen LogP contribution in [0.1, 0.15) is 37.4 Å². The predicted molar refractivity (Wildman–Crippen MR) is 105 cm³/mol. The molecule has 0 radical (unpaired) electrons. The van der Waals surface area contributed by atoms with E-state index in [1.807, 2.05) is 13.8 Å². The average Bonchev–Trinajstić information content (AvgIpc) is 2.94. The van der Waals surface area contributed by atoms with Gasteiger partial charge in [-0.3, -0.25) is 9.59 Å². The van der Waals surface area contributed by atoms with Crippen LogP contribution in [0.5, 0.6) is 11.5 Å². The number of hydrogen-bond donors (Lipinski definition) is 2. The number of carbonyl (C=O) groups excluding carboxylic acids is 2. The van der Waals surface area contributed by atoms with Crippen molar-refractivity contribution in [3.8, 4) is 11.5 Å². The van der Waals surface area contributed by atoms with E-state index < -0.39 is 17.7 Å². The molecule has 1 heterocycles. The molecule has 0 bridgehead atoms. The van der Waals surface area contributed by atoms with E-state index in [2.05, 4.69) is 0 Å². The highest BCUT2D eigenvalue weighted by atomic mass is 16.5. The molecule has 6 nitrogen and oxygen atoms in total. The number of benzene rings is 2. The second-order valence-corrected chi connectivity index (χ2v) is 6.54. The lowest BCUT2D eigenvalue weighted by molar-refractivity contribution is -0.139. The number of hydrogen-bond acceptors (Lipinski definition) is 5. The van der Waals surface area contributed by atoms with Crippen LogP contribution in [0.3, 0.4) is 0 Å². The van der Waals surface area contributed by atoms with Crippen molar-refractivity contribution in [2.75, 3.05) is 13.2 Å². The van der Waals surface area contributed by atoms with Gasteiger partial charge in [0.1, 0.15) is 17.3 Å². The molecule has 28 heavy (non-hydrogen) atoms. The zero-order chi connectivity index (χ0) is 20.3. The maximum atomic E-state index is 12.8. The molecule has 2 N–H and O–H groups in total. The number of Topliss-reactive ketones (excluding diaryl/α,β-unsaturated/α-hetero) is 1. The minimum Gasteiger partial charge on any atom is -0.508 e. The van der Waals surface area contributed by atoms with Crippen LogP contribution in [-0.2, 0) is 9.59 Å². The lowest BCUT2D eigenvalue weighted by Crippen LogP contribution is -2.30. The van der Waals surface area contributed by atoms with Gasteiger partial charge >= 0.3 is 0 Å². The predicted octanol–water partition coefficient (Wildman–Crippen LogP) is 3.62. The molecule has 1 unspecified atom stereocenters. The Morgan fingerprint density at radius 2 is 1.82 bits per heavy atom. The molecule has 1 saturated heterocycles. The summed E-state index contributed by atoms with van der Waals surface area (Å²) in [6, 6.07) is 12.4. The first-order valence-electron chi connectivity index (χ1n) is 9.28. The highest BCUT2D eigenvalue weighted by Gasteiger charge is 2.45. The largest absolute Gasteiger partial charge is 0.508 e. The highest BCUT2D eigenvalue weighted by molar-refractivity contribution is 6.46. The molecule has 0 aromatic heterocycles. The van der Waals surface area contributed by atoms with Crippen LogP contribution in [-0.4, -0.2) is 40.0 Å². The van der Waals surface area contributed by atoms with Crippen LogP contribution >= 0.6 is 0 Å². The zero-order valence-corrected chi connectivity index (χ0v) is 15.9. The molecule has 146 valence electrons. The maximum absolute atomic E-state index is 12.8. The van der Waals surface area contributed by atoms with E-state index in [-0.39, 0.29) is 17.1 Å². The van der Waals surface area contributed by atoms with E-state index in [9.17, 15) is 19.8 Å². The first-order chi connectivity index (χ1) is 13.5. The van der Waals surface area contributed by atoms with E-state index in [1.165, 1.54) is 17.0 Å². The van der Waals surface area contributed by atoms with Crippen LogP contribution in [0.2, 0.25) is 0 Å². The van der Waals surface area contributed by atoms with Gasteiger partial charge in [-0.05, 0) is 43.2 Å². The standard InChI is InChI=1S/C22H23NO5/c1-3-12-23-19(14-8-10-16(24)11-9-14)18(21(26)22(23)27)20(25)15-6-5-7-17(13-15)28-4-2/h5-11,13,19,24-25H,3-4,12H2,1-2H3/b20-18-. The summed E-state index contributed by atoms with van der Waals surface area (Å²) >= 11 is 0. The Kier molecular flexibility index (Phi) is 5.68. The average molecular weight is 381 g/mol. The minimum atomic E-state index is -0.717. The summed E-state index contributed by atoms with van der Waals surface area (Å²) in [4.78, 5) is 26.9. The number of carbonyl (C=O) groups is 2. The minimum absolute atomic E-state index is 0.0396. The molecule has 1 fully saturated rings. The molecule has 2 aromatic rings. The number of aliphatic hydroxyl groups excluding tert-OH is 1. The zero-order valence-electron chi connectivity index (χ0n) is 15.9. The molecule has 0 spiro atoms. The molecule has 1 aliphatic heterocycles. The monoisotopic (exact) mass is 381 g/mol. The number of amides is 1. The van der Waals surface area contributed by atoms with Gasteiger partial charge in [-0.25, -0.2) is 0 Å². The summed E-state index contributed by atoms with van der Waals surface area (Å²) in [7, 11) is 0. The summed E-state index contributed by atoms with van der Waals surface area (Å²) in [5, 5.41) is 20.5. The van der Waals surface area contributed by atoms with Crippen molar-refractivity contribution in [2.45, 2.75) is 26.3 Å². The second-order valence-electron chi connectivity index (χ2n) is 6.54. The third-order valence-electron chi connectivity index (χ3n) is 4.63. The van der Waals surface area contributed by atoms with Crippen LogP contribution in [0.15, 0.2) is 54.1 Å². The van der Waals surface area contributed by atoms with Gasteiger partial charge in [-0.15, -0.1) is 0 Å². The maximum Gasteiger partial charge on any atom is 0.295 e. The van der Waals surface area contributed by atoms with Gasteiger partial charge in [0.2, 0.25) is 0 Å². The third kappa shape index (κ3) is 3.58. The van der Waals surface area contributed by atoms with Gasteiger partial charge in [0.15, 0.2) is 0 Å². The van der Waals surface area contributed by atoms with Gasteiger partial charge in [-0.1, -0.05) is 31.2 Å². The molecule has 0 saturated carbocycles. The fourth-order valence-corrected chi connectivity index (χ4v) is 3.41. The Bertz CT molecular complexity index is 917. The number of nitrogens with zero attached hydrogens (tertiary/aromatic N) is 1. The van der Waals surface area contributed by atoms with Crippen LogP contribution in [0, 0.1) is 0 Å². The van der Waals surface area contributed by atoms with E-state index in [1.54, 1.807) is 36.4 Å². The first-order valence-corrected chi connectivity index (χ1v) is 9.28. The van der Waals surface area contributed by atoms with Gasteiger partial charge in [-0.2, -0.15) is 0 Å². The van der Waals surface area contributed by atoms with Crippen LogP contribution in [0.4, 0.5) is 0 Å². The van der Waals surface area contributed by atoms with Crippen molar-refractivity contribution < 1.29 is 24.5 Å². The first kappa shape index (κ1) is 19.5. The summed E-state index contributed by atoms with van der Waals surface area (Å²) in [6.07, 6.45) is 0.668. The fourth-order valence-electron chi connectivity index (χ4n) is 3.41. The number of aliphatic hydroxyl groups is 1. The molecule has 1 atom stereocenters. The molecule has 1 aliphatic rings. The number of ketones is 1. The van der Waals surface area contributed by atoms with Gasteiger partial charge < -0.3 is 19.8 Å². The molecular formula is C22H23NO5. The van der Waals surface area contributed by atoms with E-state index in [0.29, 0.717) is 36.4 Å². The van der Waals surface area contributed by atoms with Crippen molar-refractivity contribution >= 4 is 17.4 Å². The van der Waals surface area contributed by atoms with E-state index in [0.717, 1.165) is 0 Å². The molecule has 0 aliphatic carbocycles. The molecule has 1 amide bonds. The summed E-state index contributed by atoms with van der Waals surface area (Å²) in [5.41, 5.74) is 1.09. The topological polar surface area (TPSA) is 87.1 Å². The molecule has 2 aromatic carbocycles. The lowest BCUT2D eigenvalue weighted by Gasteiger charge is -2.24.